The van der Waals surface area contributed by atoms with Gasteiger partial charge in [0.2, 0.25) is 11.8 Å². The average Bonchev–Trinajstić information content (AvgIpc) is 2.61. The summed E-state index contributed by atoms with van der Waals surface area (Å²) in [6.45, 7) is 8.15. The fourth-order valence-electron chi connectivity index (χ4n) is 3.01. The van der Waals surface area contributed by atoms with Crippen LogP contribution in [0.5, 0.6) is 0 Å². The number of halogens is 2. The number of rotatable bonds is 8. The standard InChI is InChI=1S/C19H28Cl2N4O2/c1-3-4-5-22-18(26)13-24-6-8-25(9-7-24)14(2)19(27)23-17-11-15(20)10-16(21)12-17/h10-12,14H,3-9,13H2,1-2H3,(H,22,26)(H,23,27)/t14-/m1/s1. The maximum Gasteiger partial charge on any atom is 0.241 e. The minimum Gasteiger partial charge on any atom is -0.355 e. The summed E-state index contributed by atoms with van der Waals surface area (Å²) in [6.07, 6.45) is 2.07. The van der Waals surface area contributed by atoms with Gasteiger partial charge in [0.1, 0.15) is 0 Å². The number of carbonyl (C=O) groups is 2. The summed E-state index contributed by atoms with van der Waals surface area (Å²) in [5, 5.41) is 6.77. The maximum absolute atomic E-state index is 12.5. The first kappa shape index (κ1) is 22.0. The molecule has 0 bridgehead atoms. The molecule has 2 rings (SSSR count). The van der Waals surface area contributed by atoms with E-state index in [0.717, 1.165) is 45.6 Å². The minimum atomic E-state index is -0.275. The van der Waals surface area contributed by atoms with E-state index in [0.29, 0.717) is 22.3 Å². The van der Waals surface area contributed by atoms with Gasteiger partial charge >= 0.3 is 0 Å². The van der Waals surface area contributed by atoms with Crippen molar-refractivity contribution in [2.45, 2.75) is 32.7 Å². The number of piperazine rings is 1. The van der Waals surface area contributed by atoms with Crippen molar-refractivity contribution in [3.8, 4) is 0 Å². The van der Waals surface area contributed by atoms with Gasteiger partial charge in [-0.25, -0.2) is 0 Å². The van der Waals surface area contributed by atoms with E-state index in [-0.39, 0.29) is 17.9 Å². The van der Waals surface area contributed by atoms with Gasteiger partial charge < -0.3 is 10.6 Å². The predicted molar refractivity (Wildman–Crippen MR) is 110 cm³/mol. The first-order chi connectivity index (χ1) is 12.9. The molecule has 1 aliphatic heterocycles. The van der Waals surface area contributed by atoms with Crippen LogP contribution in [-0.2, 0) is 9.59 Å². The zero-order valence-corrected chi connectivity index (χ0v) is 17.4. The highest BCUT2D eigenvalue weighted by Gasteiger charge is 2.26. The fourth-order valence-corrected chi connectivity index (χ4v) is 3.54. The fraction of sp³-hybridized carbons (Fsp3) is 0.579. The first-order valence-corrected chi connectivity index (χ1v) is 10.1. The third-order valence-corrected chi connectivity index (χ3v) is 5.12. The maximum atomic E-state index is 12.5. The normalized spacial score (nSPS) is 16.7. The van der Waals surface area contributed by atoms with Gasteiger partial charge in [0.05, 0.1) is 12.6 Å². The molecule has 27 heavy (non-hydrogen) atoms. The van der Waals surface area contributed by atoms with Crippen LogP contribution in [0.15, 0.2) is 18.2 Å². The lowest BCUT2D eigenvalue weighted by molar-refractivity contribution is -0.124. The van der Waals surface area contributed by atoms with Gasteiger partial charge in [0.15, 0.2) is 0 Å². The van der Waals surface area contributed by atoms with E-state index in [9.17, 15) is 9.59 Å². The summed E-state index contributed by atoms with van der Waals surface area (Å²) in [5.41, 5.74) is 0.590. The Hall–Kier alpha value is -1.34. The van der Waals surface area contributed by atoms with Crippen molar-refractivity contribution in [2.24, 2.45) is 0 Å². The van der Waals surface area contributed by atoms with Gasteiger partial charge in [-0.3, -0.25) is 19.4 Å². The summed E-state index contributed by atoms with van der Waals surface area (Å²) >= 11 is 11.9. The monoisotopic (exact) mass is 414 g/mol. The number of anilines is 1. The zero-order chi connectivity index (χ0) is 19.8. The highest BCUT2D eigenvalue weighted by molar-refractivity contribution is 6.35. The summed E-state index contributed by atoms with van der Waals surface area (Å²) < 4.78 is 0. The second kappa shape index (κ2) is 10.9. The van der Waals surface area contributed by atoms with E-state index in [2.05, 4.69) is 27.4 Å². The largest absolute Gasteiger partial charge is 0.355 e. The molecule has 0 radical (unpaired) electrons. The Morgan fingerprint density at radius 3 is 2.33 bits per heavy atom. The summed E-state index contributed by atoms with van der Waals surface area (Å²) in [4.78, 5) is 28.7. The molecular weight excluding hydrogens is 387 g/mol. The zero-order valence-electron chi connectivity index (χ0n) is 15.9. The Balaban J connectivity index is 1.77. The van der Waals surface area contributed by atoms with Crippen LogP contribution in [0.1, 0.15) is 26.7 Å². The van der Waals surface area contributed by atoms with Crippen molar-refractivity contribution in [3.05, 3.63) is 28.2 Å². The van der Waals surface area contributed by atoms with Crippen molar-refractivity contribution < 1.29 is 9.59 Å². The molecular formula is C19H28Cl2N4O2. The SMILES string of the molecule is CCCCNC(=O)CN1CCN([C@H](C)C(=O)Nc2cc(Cl)cc(Cl)c2)CC1. The molecule has 1 aliphatic rings. The van der Waals surface area contributed by atoms with E-state index in [1.54, 1.807) is 18.2 Å². The van der Waals surface area contributed by atoms with Gasteiger partial charge in [0, 0.05) is 48.5 Å². The molecule has 6 nitrogen and oxygen atoms in total. The van der Waals surface area contributed by atoms with Crippen molar-refractivity contribution in [2.75, 3.05) is 44.6 Å². The van der Waals surface area contributed by atoms with Gasteiger partial charge in [-0.1, -0.05) is 36.5 Å². The molecule has 0 saturated carbocycles. The van der Waals surface area contributed by atoms with Crippen LogP contribution < -0.4 is 10.6 Å². The topological polar surface area (TPSA) is 64.7 Å². The molecule has 1 saturated heterocycles. The number of benzene rings is 1. The van der Waals surface area contributed by atoms with Crippen molar-refractivity contribution in [1.82, 2.24) is 15.1 Å². The molecule has 1 fully saturated rings. The average molecular weight is 415 g/mol. The Morgan fingerprint density at radius 1 is 1.11 bits per heavy atom. The van der Waals surface area contributed by atoms with Crippen LogP contribution in [-0.4, -0.2) is 66.9 Å². The Morgan fingerprint density at radius 2 is 1.74 bits per heavy atom. The van der Waals surface area contributed by atoms with Crippen LogP contribution in [0.2, 0.25) is 10.0 Å². The summed E-state index contributed by atoms with van der Waals surface area (Å²) in [7, 11) is 0. The van der Waals surface area contributed by atoms with Gasteiger partial charge in [0.25, 0.3) is 0 Å². The minimum absolute atomic E-state index is 0.0699. The number of hydrogen-bond acceptors (Lipinski definition) is 4. The third-order valence-electron chi connectivity index (χ3n) is 4.68. The number of nitrogens with zero attached hydrogens (tertiary/aromatic N) is 2. The number of unbranched alkanes of at least 4 members (excludes halogenated alkanes) is 1. The third kappa shape index (κ3) is 7.30. The van der Waals surface area contributed by atoms with Crippen LogP contribution in [0.25, 0.3) is 0 Å². The van der Waals surface area contributed by atoms with Crippen LogP contribution in [0, 0.1) is 0 Å². The van der Waals surface area contributed by atoms with Gasteiger partial charge in [-0.2, -0.15) is 0 Å². The number of hydrogen-bond donors (Lipinski definition) is 2. The van der Waals surface area contributed by atoms with E-state index in [4.69, 9.17) is 23.2 Å². The molecule has 1 atom stereocenters. The Bertz CT molecular complexity index is 628. The Labute approximate surface area is 171 Å². The Kier molecular flexibility index (Phi) is 8.83. The van der Waals surface area contributed by atoms with E-state index >= 15 is 0 Å². The number of amides is 2. The van der Waals surface area contributed by atoms with Gasteiger partial charge in [-0.15, -0.1) is 0 Å². The second-order valence-electron chi connectivity index (χ2n) is 6.84. The molecule has 0 aromatic heterocycles. The molecule has 0 unspecified atom stereocenters. The molecule has 1 aromatic rings. The highest BCUT2D eigenvalue weighted by Crippen LogP contribution is 2.22. The number of nitrogens with one attached hydrogen (secondary N) is 2. The van der Waals surface area contributed by atoms with Crippen molar-refractivity contribution in [3.63, 3.8) is 0 Å². The van der Waals surface area contributed by atoms with E-state index in [1.165, 1.54) is 0 Å². The smallest absolute Gasteiger partial charge is 0.241 e. The molecule has 0 spiro atoms. The van der Waals surface area contributed by atoms with Crippen LogP contribution in [0.4, 0.5) is 5.69 Å². The van der Waals surface area contributed by atoms with E-state index < -0.39 is 0 Å². The predicted octanol–water partition coefficient (Wildman–Crippen LogP) is 2.85. The molecule has 2 N–H and O–H groups in total. The highest BCUT2D eigenvalue weighted by atomic mass is 35.5. The first-order valence-electron chi connectivity index (χ1n) is 9.39. The van der Waals surface area contributed by atoms with Crippen molar-refractivity contribution in [1.29, 1.82) is 0 Å². The lowest BCUT2D eigenvalue weighted by Gasteiger charge is -2.37. The molecule has 1 aromatic carbocycles. The van der Waals surface area contributed by atoms with Crippen molar-refractivity contribution >= 4 is 40.7 Å². The quantitative estimate of drug-likeness (QED) is 0.641. The summed E-state index contributed by atoms with van der Waals surface area (Å²) in [5.74, 6) is -0.0281. The second-order valence-corrected chi connectivity index (χ2v) is 7.71. The molecule has 0 aliphatic carbocycles. The van der Waals surface area contributed by atoms with Gasteiger partial charge in [-0.05, 0) is 31.5 Å². The summed E-state index contributed by atoms with van der Waals surface area (Å²) in [6, 6.07) is 4.70. The molecule has 150 valence electrons. The lowest BCUT2D eigenvalue weighted by Crippen LogP contribution is -2.54. The molecule has 1 heterocycles. The lowest BCUT2D eigenvalue weighted by atomic mass is 10.2. The van der Waals surface area contributed by atoms with Crippen LogP contribution >= 0.6 is 23.2 Å². The molecule has 8 heteroatoms. The molecule has 2 amide bonds. The number of carbonyl (C=O) groups excluding carboxylic acids is 2. The van der Waals surface area contributed by atoms with Crippen LogP contribution in [0.3, 0.4) is 0 Å². The van der Waals surface area contributed by atoms with E-state index in [1.807, 2.05) is 6.92 Å².